The molecule has 5 nitrogen and oxygen atoms in total. The van der Waals surface area contributed by atoms with E-state index < -0.39 is 5.41 Å². The van der Waals surface area contributed by atoms with Gasteiger partial charge in [0.15, 0.2) is 0 Å². The van der Waals surface area contributed by atoms with Gasteiger partial charge in [-0.25, -0.2) is 0 Å². The van der Waals surface area contributed by atoms with Crippen LogP contribution in [0.4, 0.5) is 0 Å². The number of rotatable bonds is 6. The van der Waals surface area contributed by atoms with Crippen LogP contribution in [-0.4, -0.2) is 12.6 Å². The van der Waals surface area contributed by atoms with Gasteiger partial charge in [0.05, 0.1) is 18.1 Å². The summed E-state index contributed by atoms with van der Waals surface area (Å²) in [6.07, 6.45) is 0.417. The number of hydrogen-bond donors (Lipinski definition) is 0. The highest BCUT2D eigenvalue weighted by molar-refractivity contribution is 5.76. The molecule has 19 heavy (non-hydrogen) atoms. The molecule has 1 aromatic rings. The molecular formula is C14H19N3O2. The Morgan fingerprint density at radius 3 is 2.58 bits per heavy atom. The molecule has 1 unspecified atom stereocenters. The second-order valence-electron chi connectivity index (χ2n) is 4.94. The maximum absolute atomic E-state index is 11.9. The average Bonchev–Trinajstić information content (AvgIpc) is 2.39. The maximum Gasteiger partial charge on any atom is 0.311 e. The van der Waals surface area contributed by atoms with E-state index in [2.05, 4.69) is 10.0 Å². The lowest BCUT2D eigenvalue weighted by Crippen LogP contribution is -2.28. The average molecular weight is 261 g/mol. The van der Waals surface area contributed by atoms with E-state index in [9.17, 15) is 4.79 Å². The summed E-state index contributed by atoms with van der Waals surface area (Å²) in [4.78, 5) is 14.8. The molecule has 0 bridgehead atoms. The van der Waals surface area contributed by atoms with Crippen LogP contribution >= 0.6 is 0 Å². The Balaban J connectivity index is 2.91. The lowest BCUT2D eigenvalue weighted by Gasteiger charge is -2.25. The Morgan fingerprint density at radius 1 is 1.42 bits per heavy atom. The minimum atomic E-state index is -0.690. The number of benzene rings is 1. The van der Waals surface area contributed by atoms with Crippen molar-refractivity contribution in [2.45, 2.75) is 33.2 Å². The second kappa shape index (κ2) is 6.81. The molecule has 5 heteroatoms. The molecular weight excluding hydrogens is 242 g/mol. The van der Waals surface area contributed by atoms with Crippen molar-refractivity contribution >= 4 is 5.97 Å². The molecule has 0 aromatic heterocycles. The molecule has 0 heterocycles. The number of azide groups is 1. The molecule has 0 spiro atoms. The normalized spacial score (nSPS) is 12.4. The standard InChI is InChI=1S/C14H19N3O2/c1-4-19-13(18)14(2,3)10-12(16-17-15)11-8-6-5-7-9-11/h5-9,12H,4,10H2,1-3H3. The first-order valence-electron chi connectivity index (χ1n) is 6.27. The van der Waals surface area contributed by atoms with Gasteiger partial charge in [0.1, 0.15) is 0 Å². The van der Waals surface area contributed by atoms with Crippen molar-refractivity contribution in [3.63, 3.8) is 0 Å². The van der Waals surface area contributed by atoms with E-state index in [0.29, 0.717) is 13.0 Å². The largest absolute Gasteiger partial charge is 0.466 e. The highest BCUT2D eigenvalue weighted by Gasteiger charge is 2.32. The summed E-state index contributed by atoms with van der Waals surface area (Å²) in [5, 5.41) is 3.79. The summed E-state index contributed by atoms with van der Waals surface area (Å²) in [6, 6.07) is 9.07. The number of nitrogens with zero attached hydrogens (tertiary/aromatic N) is 3. The maximum atomic E-state index is 11.9. The van der Waals surface area contributed by atoms with Crippen LogP contribution in [0.15, 0.2) is 35.4 Å². The van der Waals surface area contributed by atoms with Gasteiger partial charge >= 0.3 is 5.97 Å². The summed E-state index contributed by atoms with van der Waals surface area (Å²) in [5.41, 5.74) is 8.89. The van der Waals surface area contributed by atoms with Crippen LogP contribution in [0.25, 0.3) is 10.4 Å². The third-order valence-electron chi connectivity index (χ3n) is 2.91. The summed E-state index contributed by atoms with van der Waals surface area (Å²) < 4.78 is 5.05. The van der Waals surface area contributed by atoms with Gasteiger partial charge in [-0.2, -0.15) is 0 Å². The third kappa shape index (κ3) is 4.30. The molecule has 0 amide bonds. The summed E-state index contributed by atoms with van der Waals surface area (Å²) in [7, 11) is 0. The van der Waals surface area contributed by atoms with Crippen LogP contribution in [0, 0.1) is 5.41 Å². The summed E-state index contributed by atoms with van der Waals surface area (Å²) in [5.74, 6) is -0.274. The number of carbonyl (C=O) groups is 1. The summed E-state index contributed by atoms with van der Waals surface area (Å²) in [6.45, 7) is 5.72. The number of hydrogen-bond acceptors (Lipinski definition) is 3. The molecule has 0 saturated heterocycles. The van der Waals surface area contributed by atoms with Crippen LogP contribution in [0.2, 0.25) is 0 Å². The highest BCUT2D eigenvalue weighted by Crippen LogP contribution is 2.33. The Morgan fingerprint density at radius 2 is 2.05 bits per heavy atom. The highest BCUT2D eigenvalue weighted by atomic mass is 16.5. The molecule has 0 N–H and O–H groups in total. The van der Waals surface area contributed by atoms with E-state index in [4.69, 9.17) is 10.3 Å². The fourth-order valence-corrected chi connectivity index (χ4v) is 1.86. The zero-order chi connectivity index (χ0) is 14.3. The van der Waals surface area contributed by atoms with Crippen LogP contribution < -0.4 is 0 Å². The van der Waals surface area contributed by atoms with E-state index in [1.807, 2.05) is 30.3 Å². The zero-order valence-electron chi connectivity index (χ0n) is 11.5. The Bertz CT molecular complexity index is 465. The smallest absolute Gasteiger partial charge is 0.311 e. The van der Waals surface area contributed by atoms with Gasteiger partial charge in [-0.1, -0.05) is 35.4 Å². The van der Waals surface area contributed by atoms with Crippen molar-refractivity contribution in [1.82, 2.24) is 0 Å². The van der Waals surface area contributed by atoms with Gasteiger partial charge in [-0.15, -0.1) is 0 Å². The van der Waals surface area contributed by atoms with Crippen LogP contribution in [0.3, 0.4) is 0 Å². The lowest BCUT2D eigenvalue weighted by molar-refractivity contribution is -0.154. The third-order valence-corrected chi connectivity index (χ3v) is 2.91. The van der Waals surface area contributed by atoms with Gasteiger partial charge in [0.2, 0.25) is 0 Å². The first-order chi connectivity index (χ1) is 9.01. The van der Waals surface area contributed by atoms with Crippen LogP contribution in [0.1, 0.15) is 38.8 Å². The SMILES string of the molecule is CCOC(=O)C(C)(C)CC(N=[N+]=[N-])c1ccccc1. The van der Waals surface area contributed by atoms with E-state index in [-0.39, 0.29) is 12.0 Å². The molecule has 1 rings (SSSR count). The molecule has 0 aliphatic heterocycles. The number of ether oxygens (including phenoxy) is 1. The van der Waals surface area contributed by atoms with Crippen molar-refractivity contribution in [3.8, 4) is 0 Å². The predicted octanol–water partition coefficient (Wildman–Crippen LogP) is 4.02. The van der Waals surface area contributed by atoms with E-state index in [1.165, 1.54) is 0 Å². The minimum Gasteiger partial charge on any atom is -0.466 e. The van der Waals surface area contributed by atoms with Crippen molar-refractivity contribution in [2.24, 2.45) is 10.5 Å². The topological polar surface area (TPSA) is 75.1 Å². The van der Waals surface area contributed by atoms with E-state index in [0.717, 1.165) is 5.56 Å². The van der Waals surface area contributed by atoms with Crippen molar-refractivity contribution in [3.05, 3.63) is 46.3 Å². The second-order valence-corrected chi connectivity index (χ2v) is 4.94. The number of carbonyl (C=O) groups excluding carboxylic acids is 1. The molecule has 102 valence electrons. The van der Waals surface area contributed by atoms with Crippen molar-refractivity contribution in [2.75, 3.05) is 6.61 Å². The van der Waals surface area contributed by atoms with Crippen LogP contribution in [0.5, 0.6) is 0 Å². The van der Waals surface area contributed by atoms with Gasteiger partial charge in [-0.3, -0.25) is 4.79 Å². The first kappa shape index (κ1) is 15.1. The lowest BCUT2D eigenvalue weighted by atomic mass is 9.84. The molecule has 0 aliphatic carbocycles. The molecule has 0 fully saturated rings. The molecule has 1 atom stereocenters. The monoisotopic (exact) mass is 261 g/mol. The van der Waals surface area contributed by atoms with Crippen molar-refractivity contribution in [1.29, 1.82) is 0 Å². The zero-order valence-corrected chi connectivity index (χ0v) is 11.5. The van der Waals surface area contributed by atoms with Gasteiger partial charge in [0.25, 0.3) is 0 Å². The predicted molar refractivity (Wildman–Crippen MR) is 73.4 cm³/mol. The van der Waals surface area contributed by atoms with E-state index >= 15 is 0 Å². The Labute approximate surface area is 113 Å². The van der Waals surface area contributed by atoms with Gasteiger partial charge in [0, 0.05) is 4.91 Å². The Hall–Kier alpha value is -2.00. The summed E-state index contributed by atoms with van der Waals surface area (Å²) >= 11 is 0. The van der Waals surface area contributed by atoms with Gasteiger partial charge in [-0.05, 0) is 38.3 Å². The molecule has 0 saturated carbocycles. The number of esters is 1. The quantitative estimate of drug-likeness (QED) is 0.335. The van der Waals surface area contributed by atoms with E-state index in [1.54, 1.807) is 20.8 Å². The Kier molecular flexibility index (Phi) is 5.39. The van der Waals surface area contributed by atoms with Gasteiger partial charge < -0.3 is 4.74 Å². The fourth-order valence-electron chi connectivity index (χ4n) is 1.86. The molecule has 0 aliphatic rings. The first-order valence-corrected chi connectivity index (χ1v) is 6.27. The fraction of sp³-hybridized carbons (Fsp3) is 0.500. The van der Waals surface area contributed by atoms with Crippen LogP contribution in [-0.2, 0) is 9.53 Å². The van der Waals surface area contributed by atoms with Crippen molar-refractivity contribution < 1.29 is 9.53 Å². The molecule has 1 aromatic carbocycles. The molecule has 0 radical (unpaired) electrons. The minimum absolute atomic E-state index is 0.274.